The topological polar surface area (TPSA) is 123 Å². The Kier molecular flexibility index (Phi) is 5.65. The van der Waals surface area contributed by atoms with Gasteiger partial charge in [-0.1, -0.05) is 0 Å². The number of amides is 1. The smallest absolute Gasteiger partial charge is 0.354 e. The summed E-state index contributed by atoms with van der Waals surface area (Å²) < 4.78 is 43.4. The average molecular weight is 368 g/mol. The van der Waals surface area contributed by atoms with Gasteiger partial charge in [0.15, 0.2) is 0 Å². The first-order valence-electron chi connectivity index (χ1n) is 6.89. The normalized spacial score (nSPS) is 10.9. The highest BCUT2D eigenvalue weighted by molar-refractivity contribution is 7.90. The molecule has 0 saturated carbocycles. The molecule has 2 N–H and O–H groups in total. The molecule has 0 radical (unpaired) electrons. The van der Waals surface area contributed by atoms with E-state index < -0.39 is 33.5 Å². The summed E-state index contributed by atoms with van der Waals surface area (Å²) in [7, 11) is -3.98. The molecule has 0 unspecified atom stereocenters. The minimum Gasteiger partial charge on any atom is -0.492 e. The highest BCUT2D eigenvalue weighted by Crippen LogP contribution is 2.11. The second-order valence-electron chi connectivity index (χ2n) is 4.79. The third-order valence-electron chi connectivity index (χ3n) is 2.93. The molecule has 25 heavy (non-hydrogen) atoms. The van der Waals surface area contributed by atoms with Gasteiger partial charge in [0, 0.05) is 6.20 Å². The van der Waals surface area contributed by atoms with E-state index in [0.717, 1.165) is 18.3 Å². The Morgan fingerprint density at radius 3 is 2.40 bits per heavy atom. The number of ether oxygens (including phenoxy) is 1. The monoisotopic (exact) mass is 368 g/mol. The van der Waals surface area contributed by atoms with Gasteiger partial charge in [-0.2, -0.15) is 0 Å². The quantitative estimate of drug-likeness (QED) is 0.749. The number of hydrogen-bond donors (Lipinski definition) is 2. The van der Waals surface area contributed by atoms with Crippen molar-refractivity contribution in [3.05, 3.63) is 59.7 Å². The van der Waals surface area contributed by atoms with Crippen molar-refractivity contribution in [1.29, 1.82) is 0 Å². The van der Waals surface area contributed by atoms with Crippen LogP contribution >= 0.6 is 0 Å². The standard InChI is InChI=1S/C15H13FN2O6S/c16-11-2-4-12(5-3-11)24-7-8-25(22,23)18-14(19)10-1-6-13(15(20)21)17-9-10/h1-6,9H,7-8H2,(H,18,19)(H,20,21). The molecule has 0 bridgehead atoms. The Morgan fingerprint density at radius 2 is 1.84 bits per heavy atom. The molecule has 1 heterocycles. The molecular weight excluding hydrogens is 355 g/mol. The lowest BCUT2D eigenvalue weighted by Crippen LogP contribution is -2.34. The maximum absolute atomic E-state index is 12.7. The van der Waals surface area contributed by atoms with Crippen molar-refractivity contribution < 1.29 is 32.2 Å². The van der Waals surface area contributed by atoms with Gasteiger partial charge >= 0.3 is 5.97 Å². The number of pyridine rings is 1. The van der Waals surface area contributed by atoms with Gasteiger partial charge in [0.25, 0.3) is 5.91 Å². The van der Waals surface area contributed by atoms with Gasteiger partial charge < -0.3 is 9.84 Å². The number of carbonyl (C=O) groups is 2. The molecule has 10 heteroatoms. The Morgan fingerprint density at radius 1 is 1.16 bits per heavy atom. The van der Waals surface area contributed by atoms with E-state index in [1.54, 1.807) is 0 Å². The van der Waals surface area contributed by atoms with Crippen molar-refractivity contribution in [2.24, 2.45) is 0 Å². The van der Waals surface area contributed by atoms with Crippen LogP contribution in [0.2, 0.25) is 0 Å². The summed E-state index contributed by atoms with van der Waals surface area (Å²) in [5, 5.41) is 8.71. The zero-order valence-corrected chi connectivity index (χ0v) is 13.5. The number of benzene rings is 1. The SMILES string of the molecule is O=C(NS(=O)(=O)CCOc1ccc(F)cc1)c1ccc(C(=O)O)nc1. The lowest BCUT2D eigenvalue weighted by Gasteiger charge is -2.08. The van der Waals surface area contributed by atoms with Crippen LogP contribution in [0.5, 0.6) is 5.75 Å². The Balaban J connectivity index is 1.90. The third-order valence-corrected chi connectivity index (χ3v) is 4.13. The van der Waals surface area contributed by atoms with Crippen LogP contribution in [0.15, 0.2) is 42.6 Å². The molecule has 8 nitrogen and oxygen atoms in total. The Labute approximate surface area is 142 Å². The number of hydrogen-bond acceptors (Lipinski definition) is 6. The molecule has 132 valence electrons. The Bertz CT molecular complexity index is 866. The van der Waals surface area contributed by atoms with Gasteiger partial charge in [-0.25, -0.2) is 27.3 Å². The number of carboxylic acids is 1. The summed E-state index contributed by atoms with van der Waals surface area (Å²) >= 11 is 0. The van der Waals surface area contributed by atoms with E-state index in [4.69, 9.17) is 9.84 Å². The van der Waals surface area contributed by atoms with Crippen LogP contribution in [0.4, 0.5) is 4.39 Å². The molecule has 0 spiro atoms. The van der Waals surface area contributed by atoms with E-state index in [2.05, 4.69) is 4.98 Å². The maximum Gasteiger partial charge on any atom is 0.354 e. The molecule has 2 rings (SSSR count). The van der Waals surface area contributed by atoms with Crippen LogP contribution in [0, 0.1) is 5.82 Å². The second kappa shape index (κ2) is 7.71. The minimum absolute atomic E-state index is 0.104. The van der Waals surface area contributed by atoms with E-state index in [1.807, 2.05) is 4.72 Å². The number of rotatable bonds is 7. The predicted molar refractivity (Wildman–Crippen MR) is 84.3 cm³/mol. The predicted octanol–water partition coefficient (Wildman–Crippen LogP) is 1.06. The van der Waals surface area contributed by atoms with Gasteiger partial charge in [0.2, 0.25) is 10.0 Å². The fourth-order valence-corrected chi connectivity index (χ4v) is 2.51. The Hall–Kier alpha value is -3.01. The van der Waals surface area contributed by atoms with Crippen LogP contribution in [0.1, 0.15) is 20.8 Å². The molecule has 0 aliphatic carbocycles. The highest BCUT2D eigenvalue weighted by Gasteiger charge is 2.17. The van der Waals surface area contributed by atoms with Gasteiger partial charge in [-0.3, -0.25) is 4.79 Å². The summed E-state index contributed by atoms with van der Waals surface area (Å²) in [5.41, 5.74) is -0.375. The summed E-state index contributed by atoms with van der Waals surface area (Å²) in [4.78, 5) is 26.1. The van der Waals surface area contributed by atoms with Crippen molar-refractivity contribution in [3.63, 3.8) is 0 Å². The van der Waals surface area contributed by atoms with E-state index >= 15 is 0 Å². The molecule has 1 amide bonds. The molecular formula is C15H13FN2O6S. The number of aromatic nitrogens is 1. The first-order chi connectivity index (χ1) is 11.8. The molecule has 1 aromatic heterocycles. The van der Waals surface area contributed by atoms with Gasteiger partial charge in [0.05, 0.1) is 5.56 Å². The molecule has 2 aromatic rings. The fraction of sp³-hybridized carbons (Fsp3) is 0.133. The van der Waals surface area contributed by atoms with Crippen LogP contribution in [0.3, 0.4) is 0 Å². The number of halogens is 1. The summed E-state index contributed by atoms with van der Waals surface area (Å²) in [6, 6.07) is 7.25. The van der Waals surface area contributed by atoms with E-state index in [9.17, 15) is 22.4 Å². The van der Waals surface area contributed by atoms with Crippen LogP contribution < -0.4 is 9.46 Å². The first-order valence-corrected chi connectivity index (χ1v) is 8.54. The fourth-order valence-electron chi connectivity index (χ4n) is 1.71. The van der Waals surface area contributed by atoms with Gasteiger partial charge in [-0.05, 0) is 36.4 Å². The molecule has 0 atom stereocenters. The largest absolute Gasteiger partial charge is 0.492 e. The van der Waals surface area contributed by atoms with E-state index in [1.165, 1.54) is 24.3 Å². The van der Waals surface area contributed by atoms with Crippen molar-refractivity contribution in [1.82, 2.24) is 9.71 Å². The lowest BCUT2D eigenvalue weighted by molar-refractivity contribution is 0.0689. The van der Waals surface area contributed by atoms with Gasteiger partial charge in [0.1, 0.15) is 29.6 Å². The zero-order chi connectivity index (χ0) is 18.4. The molecule has 1 aromatic carbocycles. The number of sulfonamides is 1. The molecule has 0 saturated heterocycles. The van der Waals surface area contributed by atoms with Crippen LogP contribution in [-0.4, -0.2) is 42.7 Å². The second-order valence-corrected chi connectivity index (χ2v) is 6.63. The average Bonchev–Trinajstić information content (AvgIpc) is 2.56. The first kappa shape index (κ1) is 18.3. The van der Waals surface area contributed by atoms with Crippen molar-refractivity contribution >= 4 is 21.9 Å². The van der Waals surface area contributed by atoms with Crippen molar-refractivity contribution in [3.8, 4) is 5.75 Å². The molecule has 0 fully saturated rings. The van der Waals surface area contributed by atoms with Crippen LogP contribution in [0.25, 0.3) is 0 Å². The highest BCUT2D eigenvalue weighted by atomic mass is 32.2. The number of aromatic carboxylic acids is 1. The summed E-state index contributed by atoms with van der Waals surface area (Å²) in [5.74, 6) is -2.87. The maximum atomic E-state index is 12.7. The summed E-state index contributed by atoms with van der Waals surface area (Å²) in [6.45, 7) is -0.246. The van der Waals surface area contributed by atoms with E-state index in [0.29, 0.717) is 0 Å². The third kappa shape index (κ3) is 5.53. The van der Waals surface area contributed by atoms with Gasteiger partial charge in [-0.15, -0.1) is 0 Å². The van der Waals surface area contributed by atoms with E-state index in [-0.39, 0.29) is 23.6 Å². The minimum atomic E-state index is -3.98. The molecule has 0 aliphatic heterocycles. The van der Waals surface area contributed by atoms with Crippen LogP contribution in [-0.2, 0) is 10.0 Å². The number of carboxylic acid groups (broad SMARTS) is 1. The van der Waals surface area contributed by atoms with Crippen molar-refractivity contribution in [2.45, 2.75) is 0 Å². The van der Waals surface area contributed by atoms with Crippen molar-refractivity contribution in [2.75, 3.05) is 12.4 Å². The summed E-state index contributed by atoms with van der Waals surface area (Å²) in [6.07, 6.45) is 0.962. The number of carbonyl (C=O) groups excluding carboxylic acids is 1. The molecule has 0 aliphatic rings. The number of nitrogens with zero attached hydrogens (tertiary/aromatic N) is 1. The number of nitrogens with one attached hydrogen (secondary N) is 1. The lowest BCUT2D eigenvalue weighted by atomic mass is 10.2. The zero-order valence-electron chi connectivity index (χ0n) is 12.7.